The summed E-state index contributed by atoms with van der Waals surface area (Å²) in [6, 6.07) is -3.87. The van der Waals surface area contributed by atoms with Gasteiger partial charge >= 0.3 is 5.97 Å². The summed E-state index contributed by atoms with van der Waals surface area (Å²) in [5, 5.41) is 55.8. The molecule has 1 aromatic rings. The summed E-state index contributed by atoms with van der Waals surface area (Å²) in [6.45, 7) is 14.9. The normalized spacial score (nSPS) is 22.4. The van der Waals surface area contributed by atoms with E-state index >= 15 is 0 Å². The molecule has 2 aliphatic rings. The third-order valence-electron chi connectivity index (χ3n) is 17.6. The van der Waals surface area contributed by atoms with Crippen molar-refractivity contribution in [2.45, 2.75) is 232 Å². The highest BCUT2D eigenvalue weighted by atomic mass is 16.5. The maximum atomic E-state index is 14.5. The van der Waals surface area contributed by atoms with Gasteiger partial charge in [-0.25, -0.2) is 4.79 Å². The third kappa shape index (κ3) is 23.7. The van der Waals surface area contributed by atoms with Gasteiger partial charge in [0.1, 0.15) is 60.5 Å². The Morgan fingerprint density at radius 3 is 1.61 bits per heavy atom. The average Bonchev–Trinajstić information content (AvgIpc) is 3.84. The Balaban J connectivity index is 1.87. The number of amidine groups is 1. The number of ether oxygens (including phenoxy) is 1. The number of aliphatic hydroxyl groups excluding tert-OH is 2. The highest BCUT2D eigenvalue weighted by Crippen LogP contribution is 2.28. The molecule has 1 aliphatic heterocycles. The molecular weight excluding hydrogens is 1150 g/mol. The van der Waals surface area contributed by atoms with E-state index in [-0.39, 0.29) is 31.0 Å². The Morgan fingerprint density at radius 1 is 0.629 bits per heavy atom. The molecule has 1 saturated heterocycles. The van der Waals surface area contributed by atoms with E-state index in [2.05, 4.69) is 53.2 Å². The van der Waals surface area contributed by atoms with Gasteiger partial charge in [0, 0.05) is 18.8 Å². The number of nitrogens with one attached hydrogen (secondary N) is 11. The van der Waals surface area contributed by atoms with Crippen LogP contribution in [0.2, 0.25) is 0 Å². The summed E-state index contributed by atoms with van der Waals surface area (Å²) in [7, 11) is 1.62. The van der Waals surface area contributed by atoms with Crippen LogP contribution in [0.4, 0.5) is 0 Å². The second kappa shape index (κ2) is 38.5. The number of Topliss-reactive ketones (excluding diaryl/α,β-unsaturated/α-hetero) is 1. The van der Waals surface area contributed by atoms with Crippen LogP contribution < -0.4 is 58.9 Å². The molecule has 15 N–H and O–H groups in total. The minimum atomic E-state index is -1.75. The number of nitrogens with two attached hydrogens (primary N) is 1. The fraction of sp³-hybridized carbons (Fsp3) is 0.714. The lowest BCUT2D eigenvalue weighted by Crippen LogP contribution is -2.63. The standard InChI is InChI=1S/C63H104N12O14/c1-12-34(5)48(71-56(81)43(66-11)31-40-24-18-16-19-25-40)59(84)68-44(32-76)57(82)67-42(28-22-23-29-47(64)65)55(80)70-50(36(7)14-3)61(86)72-49(35(6)13-2)60(85)69-45(33-77)58(83)74-52-39(10)89-63(88)51(37(8)15-4)73-62(87)53(41-26-20-17-21-27-41)75-54(79)38(9)30-46(52)78/h16,18-19,24-25,34-39,41-45,48-53,66,76-77H,12-15,17,20-23,26-33H2,1-11H3,(H3,64,65)(H,67,82)(H,68,84)(H,69,85)(H,70,80)(H,71,81)(H,72,86)(H,73,87)(H,74,83)(H,75,79)/t34-,35-,36+,37-,38+,39-,42+,43+,44-,45-,48-,49-,50+,51-,52+,53-/m0/s1. The molecular formula is C63H104N12O14. The second-order valence-corrected chi connectivity index (χ2v) is 24.4. The molecule has 3 rings (SSSR count). The molecule has 0 unspecified atom stereocenters. The van der Waals surface area contributed by atoms with Crippen molar-refractivity contribution in [3.05, 3.63) is 35.9 Å². The minimum absolute atomic E-state index is 0.0493. The molecule has 16 atom stereocenters. The molecule has 26 nitrogen and oxygen atoms in total. The molecule has 1 saturated carbocycles. The van der Waals surface area contributed by atoms with Crippen molar-refractivity contribution < 1.29 is 67.7 Å². The van der Waals surface area contributed by atoms with Gasteiger partial charge in [-0.05, 0) is 81.2 Å². The highest BCUT2D eigenvalue weighted by molar-refractivity contribution is 5.99. The van der Waals surface area contributed by atoms with E-state index in [1.807, 2.05) is 44.2 Å². The number of hydrogen-bond acceptors (Lipinski definition) is 16. The molecule has 0 radical (unpaired) electrons. The first kappa shape index (κ1) is 76.2. The molecule has 1 aromatic carbocycles. The molecule has 9 amide bonds. The van der Waals surface area contributed by atoms with Crippen LogP contribution in [-0.4, -0.2) is 168 Å². The highest BCUT2D eigenvalue weighted by Gasteiger charge is 2.42. The Hall–Kier alpha value is -7.06. The second-order valence-electron chi connectivity index (χ2n) is 24.4. The van der Waals surface area contributed by atoms with Gasteiger partial charge < -0.3 is 73.9 Å². The largest absolute Gasteiger partial charge is 0.458 e. The van der Waals surface area contributed by atoms with E-state index < -0.39 is 181 Å². The van der Waals surface area contributed by atoms with Crippen LogP contribution in [0, 0.1) is 40.9 Å². The van der Waals surface area contributed by atoms with Crippen molar-refractivity contribution in [1.82, 2.24) is 53.2 Å². The topological polar surface area (TPSA) is 408 Å². The van der Waals surface area contributed by atoms with E-state index in [9.17, 15) is 63.0 Å². The van der Waals surface area contributed by atoms with Crippen molar-refractivity contribution >= 4 is 70.8 Å². The fourth-order valence-corrected chi connectivity index (χ4v) is 10.8. The van der Waals surface area contributed by atoms with Gasteiger partial charge in [0.15, 0.2) is 5.78 Å². The van der Waals surface area contributed by atoms with Crippen LogP contribution in [0.15, 0.2) is 30.3 Å². The maximum Gasteiger partial charge on any atom is 0.329 e. The molecule has 1 aliphatic carbocycles. The van der Waals surface area contributed by atoms with E-state index in [4.69, 9.17) is 15.9 Å². The van der Waals surface area contributed by atoms with Crippen LogP contribution in [0.5, 0.6) is 0 Å². The Labute approximate surface area is 524 Å². The fourth-order valence-electron chi connectivity index (χ4n) is 10.8. The van der Waals surface area contributed by atoms with E-state index in [1.165, 1.54) is 13.8 Å². The number of carbonyl (C=O) groups excluding carboxylic acids is 11. The number of esters is 1. The molecule has 0 spiro atoms. The maximum absolute atomic E-state index is 14.5. The number of hydrogen-bond donors (Lipinski definition) is 14. The van der Waals surface area contributed by atoms with E-state index in [0.717, 1.165) is 24.8 Å². The number of benzene rings is 1. The number of amides is 9. The molecule has 0 bridgehead atoms. The lowest BCUT2D eigenvalue weighted by atomic mass is 9.83. The van der Waals surface area contributed by atoms with Crippen LogP contribution in [0.25, 0.3) is 0 Å². The molecule has 500 valence electrons. The zero-order valence-electron chi connectivity index (χ0n) is 54.1. The summed E-state index contributed by atoms with van der Waals surface area (Å²) in [5.41, 5.74) is 6.48. The molecule has 0 aromatic heterocycles. The number of carbonyl (C=O) groups is 11. The van der Waals surface area contributed by atoms with Crippen molar-refractivity contribution in [3.63, 3.8) is 0 Å². The van der Waals surface area contributed by atoms with Gasteiger partial charge in [0.25, 0.3) is 0 Å². The number of ketones is 1. The number of rotatable bonds is 33. The van der Waals surface area contributed by atoms with Crippen molar-refractivity contribution in [1.29, 1.82) is 5.41 Å². The summed E-state index contributed by atoms with van der Waals surface area (Å²) in [4.78, 5) is 155. The first-order chi connectivity index (χ1) is 42.2. The van der Waals surface area contributed by atoms with Crippen molar-refractivity contribution in [3.8, 4) is 0 Å². The predicted molar refractivity (Wildman–Crippen MR) is 334 cm³/mol. The first-order valence-electron chi connectivity index (χ1n) is 31.9. The average molecular weight is 1250 g/mol. The lowest BCUT2D eigenvalue weighted by Gasteiger charge is -2.32. The summed E-state index contributed by atoms with van der Waals surface area (Å²) in [6.07, 6.45) is 4.71. The first-order valence-corrected chi connectivity index (χ1v) is 31.9. The Kier molecular flexibility index (Phi) is 32.9. The van der Waals surface area contributed by atoms with Crippen molar-refractivity contribution in [2.24, 2.45) is 41.2 Å². The zero-order chi connectivity index (χ0) is 66.7. The quantitative estimate of drug-likeness (QED) is 0.0202. The Bertz CT molecular complexity index is 2540. The third-order valence-corrected chi connectivity index (χ3v) is 17.6. The zero-order valence-corrected chi connectivity index (χ0v) is 54.1. The Morgan fingerprint density at radius 2 is 1.11 bits per heavy atom. The van der Waals surface area contributed by atoms with Gasteiger partial charge in [-0.1, -0.05) is 144 Å². The van der Waals surface area contributed by atoms with E-state index in [1.54, 1.807) is 48.6 Å². The molecule has 2 fully saturated rings. The van der Waals surface area contributed by atoms with E-state index in [0.29, 0.717) is 51.4 Å². The van der Waals surface area contributed by atoms with Gasteiger partial charge in [0.2, 0.25) is 53.2 Å². The van der Waals surface area contributed by atoms with Gasteiger partial charge in [-0.15, -0.1) is 0 Å². The molecule has 89 heavy (non-hydrogen) atoms. The van der Waals surface area contributed by atoms with Crippen LogP contribution in [0.3, 0.4) is 0 Å². The van der Waals surface area contributed by atoms with Crippen LogP contribution >= 0.6 is 0 Å². The number of cyclic esters (lactones) is 1. The number of aliphatic hydroxyl groups is 2. The predicted octanol–water partition coefficient (Wildman–Crippen LogP) is 0.967. The molecule has 26 heteroatoms. The van der Waals surface area contributed by atoms with Gasteiger partial charge in [-0.3, -0.25) is 53.4 Å². The number of unbranched alkanes of at least 4 members (excludes halogenated alkanes) is 1. The number of likely N-dealkylation sites (N-methyl/N-ethyl adjacent to an activating group) is 1. The van der Waals surface area contributed by atoms with Crippen molar-refractivity contribution in [2.75, 3.05) is 20.3 Å². The smallest absolute Gasteiger partial charge is 0.329 e. The SMILES string of the molecule is CC[C@@H](C)[C@@H](NC(=O)[C@@H](CCCCC(=N)N)NC(=O)[C@H](CO)NC(=O)[C@@H](NC(=O)[C@@H](Cc1ccccc1)NC)[C@@H](C)CC)C(=O)N[C@H](C(=O)N[C@@H](CO)C(=O)N[C@H]1C(=O)C[C@@H](C)C(=O)N[C@@H](C2CCCCC2)C(=O)N[C@@H]([C@@H](C)CC)C(=O)O[C@H]1C)[C@@H](C)CC. The van der Waals surface area contributed by atoms with Crippen LogP contribution in [-0.2, 0) is 63.9 Å². The minimum Gasteiger partial charge on any atom is -0.458 e. The van der Waals surface area contributed by atoms with Crippen LogP contribution in [0.1, 0.15) is 165 Å². The molecule has 1 heterocycles. The summed E-state index contributed by atoms with van der Waals surface area (Å²) in [5.74, 6) is -12.1. The van der Waals surface area contributed by atoms with Gasteiger partial charge in [0.05, 0.1) is 25.1 Å². The summed E-state index contributed by atoms with van der Waals surface area (Å²) < 4.78 is 5.83. The monoisotopic (exact) mass is 1250 g/mol. The van der Waals surface area contributed by atoms with Gasteiger partial charge in [-0.2, -0.15) is 0 Å². The summed E-state index contributed by atoms with van der Waals surface area (Å²) >= 11 is 0. The lowest BCUT2D eigenvalue weighted by molar-refractivity contribution is -0.157.